The summed E-state index contributed by atoms with van der Waals surface area (Å²) in [6.07, 6.45) is 2.94. The standard InChI is InChI=1S/C15H14O4/c1-2-9-18-15(16)14-12(8-10-17-14)11-19-13-6-4-3-5-7-13/h2-8,10H,1,9,11H2. The van der Waals surface area contributed by atoms with Gasteiger partial charge in [0.2, 0.25) is 5.76 Å². The fourth-order valence-corrected chi connectivity index (χ4v) is 1.51. The second-order valence-electron chi connectivity index (χ2n) is 3.76. The van der Waals surface area contributed by atoms with Crippen LogP contribution in [0.4, 0.5) is 0 Å². The van der Waals surface area contributed by atoms with Crippen molar-refractivity contribution in [3.63, 3.8) is 0 Å². The van der Waals surface area contributed by atoms with E-state index >= 15 is 0 Å². The third-order valence-electron chi connectivity index (χ3n) is 2.40. The van der Waals surface area contributed by atoms with Gasteiger partial charge in [-0.1, -0.05) is 30.9 Å². The lowest BCUT2D eigenvalue weighted by atomic mass is 10.2. The van der Waals surface area contributed by atoms with Crippen LogP contribution in [0.25, 0.3) is 0 Å². The molecule has 0 amide bonds. The monoisotopic (exact) mass is 258 g/mol. The molecule has 0 spiro atoms. The van der Waals surface area contributed by atoms with Gasteiger partial charge in [-0.15, -0.1) is 0 Å². The molecule has 98 valence electrons. The van der Waals surface area contributed by atoms with E-state index in [-0.39, 0.29) is 19.0 Å². The van der Waals surface area contributed by atoms with Crippen LogP contribution in [0.1, 0.15) is 16.1 Å². The number of furan rings is 1. The summed E-state index contributed by atoms with van der Waals surface area (Å²) < 4.78 is 15.6. The molecule has 4 nitrogen and oxygen atoms in total. The van der Waals surface area contributed by atoms with Gasteiger partial charge in [-0.3, -0.25) is 0 Å². The molecule has 2 rings (SSSR count). The van der Waals surface area contributed by atoms with E-state index in [1.807, 2.05) is 30.3 Å². The Labute approximate surface area is 111 Å². The Kier molecular flexibility index (Phi) is 4.39. The number of para-hydroxylation sites is 1. The summed E-state index contributed by atoms with van der Waals surface area (Å²) in [5, 5.41) is 0. The van der Waals surface area contributed by atoms with Gasteiger partial charge in [0.25, 0.3) is 0 Å². The van der Waals surface area contributed by atoms with Gasteiger partial charge < -0.3 is 13.9 Å². The minimum atomic E-state index is -0.517. The van der Waals surface area contributed by atoms with Crippen molar-refractivity contribution < 1.29 is 18.7 Å². The molecule has 0 radical (unpaired) electrons. The summed E-state index contributed by atoms with van der Waals surface area (Å²) in [6, 6.07) is 11.0. The van der Waals surface area contributed by atoms with E-state index in [1.54, 1.807) is 6.07 Å². The average Bonchev–Trinajstić information content (AvgIpc) is 2.92. The van der Waals surface area contributed by atoms with Crippen molar-refractivity contribution in [2.24, 2.45) is 0 Å². The predicted molar refractivity (Wildman–Crippen MR) is 70.0 cm³/mol. The zero-order valence-corrected chi connectivity index (χ0v) is 10.4. The third-order valence-corrected chi connectivity index (χ3v) is 2.40. The van der Waals surface area contributed by atoms with Gasteiger partial charge in [0.15, 0.2) is 0 Å². The highest BCUT2D eigenvalue weighted by molar-refractivity contribution is 5.87. The molecule has 1 heterocycles. The lowest BCUT2D eigenvalue weighted by molar-refractivity contribution is 0.0509. The van der Waals surface area contributed by atoms with E-state index < -0.39 is 5.97 Å². The highest BCUT2D eigenvalue weighted by Gasteiger charge is 2.16. The maximum absolute atomic E-state index is 11.7. The molecule has 2 aromatic rings. The van der Waals surface area contributed by atoms with Crippen LogP contribution in [0.5, 0.6) is 5.75 Å². The highest BCUT2D eigenvalue weighted by atomic mass is 16.5. The van der Waals surface area contributed by atoms with Crippen molar-refractivity contribution >= 4 is 5.97 Å². The molecule has 4 heteroatoms. The van der Waals surface area contributed by atoms with Crippen molar-refractivity contribution in [1.82, 2.24) is 0 Å². The van der Waals surface area contributed by atoms with Gasteiger partial charge in [0, 0.05) is 5.56 Å². The number of esters is 1. The van der Waals surface area contributed by atoms with Gasteiger partial charge in [-0.2, -0.15) is 0 Å². The second-order valence-corrected chi connectivity index (χ2v) is 3.76. The molecule has 0 aliphatic carbocycles. The Hall–Kier alpha value is -2.49. The molecule has 0 saturated heterocycles. The molecular weight excluding hydrogens is 244 g/mol. The fraction of sp³-hybridized carbons (Fsp3) is 0.133. The average molecular weight is 258 g/mol. The maximum atomic E-state index is 11.7. The molecule has 1 aromatic heterocycles. The van der Waals surface area contributed by atoms with Crippen molar-refractivity contribution in [1.29, 1.82) is 0 Å². The maximum Gasteiger partial charge on any atom is 0.374 e. The van der Waals surface area contributed by atoms with Crippen molar-refractivity contribution in [3.8, 4) is 5.75 Å². The Morgan fingerprint density at radius 2 is 2.05 bits per heavy atom. The number of benzene rings is 1. The lowest BCUT2D eigenvalue weighted by Crippen LogP contribution is -2.08. The topological polar surface area (TPSA) is 48.7 Å². The van der Waals surface area contributed by atoms with Gasteiger partial charge >= 0.3 is 5.97 Å². The van der Waals surface area contributed by atoms with Crippen LogP contribution < -0.4 is 4.74 Å². The minimum absolute atomic E-state index is 0.151. The largest absolute Gasteiger partial charge is 0.489 e. The molecule has 0 unspecified atom stereocenters. The first-order chi connectivity index (χ1) is 9.31. The first-order valence-electron chi connectivity index (χ1n) is 5.83. The zero-order chi connectivity index (χ0) is 13.5. The summed E-state index contributed by atoms with van der Waals surface area (Å²) >= 11 is 0. The first kappa shape index (κ1) is 13.0. The van der Waals surface area contributed by atoms with Gasteiger partial charge in [-0.05, 0) is 18.2 Å². The van der Waals surface area contributed by atoms with Crippen LogP contribution in [0.15, 0.2) is 59.7 Å². The quantitative estimate of drug-likeness (QED) is 0.589. The smallest absolute Gasteiger partial charge is 0.374 e. The second kappa shape index (κ2) is 6.44. The molecule has 0 N–H and O–H groups in total. The van der Waals surface area contributed by atoms with E-state index in [0.29, 0.717) is 5.56 Å². The SMILES string of the molecule is C=CCOC(=O)c1occc1COc1ccccc1. The van der Waals surface area contributed by atoms with E-state index in [9.17, 15) is 4.79 Å². The highest BCUT2D eigenvalue weighted by Crippen LogP contribution is 2.16. The Morgan fingerprint density at radius 3 is 2.79 bits per heavy atom. The number of ether oxygens (including phenoxy) is 2. The van der Waals surface area contributed by atoms with Gasteiger partial charge in [-0.25, -0.2) is 4.79 Å². The van der Waals surface area contributed by atoms with Crippen molar-refractivity contribution in [2.75, 3.05) is 6.61 Å². The van der Waals surface area contributed by atoms with E-state index in [1.165, 1.54) is 12.3 Å². The molecule has 0 aliphatic rings. The predicted octanol–water partition coefficient (Wildman–Crippen LogP) is 3.20. The van der Waals surface area contributed by atoms with Crippen LogP contribution in [-0.2, 0) is 11.3 Å². The Balaban J connectivity index is 1.99. The molecule has 0 bridgehead atoms. The number of hydrogen-bond acceptors (Lipinski definition) is 4. The molecule has 0 saturated carbocycles. The van der Waals surface area contributed by atoms with Crippen LogP contribution in [0.2, 0.25) is 0 Å². The number of rotatable bonds is 6. The van der Waals surface area contributed by atoms with E-state index in [0.717, 1.165) is 5.75 Å². The van der Waals surface area contributed by atoms with Crippen molar-refractivity contribution in [2.45, 2.75) is 6.61 Å². The van der Waals surface area contributed by atoms with E-state index in [2.05, 4.69) is 6.58 Å². The Morgan fingerprint density at radius 1 is 1.26 bits per heavy atom. The minimum Gasteiger partial charge on any atom is -0.489 e. The number of carbonyl (C=O) groups excluding carboxylic acids is 1. The molecule has 1 aromatic carbocycles. The third kappa shape index (κ3) is 3.48. The van der Waals surface area contributed by atoms with Gasteiger partial charge in [0.05, 0.1) is 6.26 Å². The summed E-state index contributed by atoms with van der Waals surface area (Å²) in [5.41, 5.74) is 0.651. The van der Waals surface area contributed by atoms with Crippen LogP contribution in [0.3, 0.4) is 0 Å². The summed E-state index contributed by atoms with van der Waals surface area (Å²) in [5.74, 6) is 0.378. The summed E-state index contributed by atoms with van der Waals surface area (Å²) in [7, 11) is 0. The molecule has 19 heavy (non-hydrogen) atoms. The summed E-state index contributed by atoms with van der Waals surface area (Å²) in [6.45, 7) is 3.88. The zero-order valence-electron chi connectivity index (χ0n) is 10.4. The van der Waals surface area contributed by atoms with Crippen LogP contribution >= 0.6 is 0 Å². The van der Waals surface area contributed by atoms with Crippen molar-refractivity contribution in [3.05, 3.63) is 66.6 Å². The molecule has 0 aliphatic heterocycles. The number of hydrogen-bond donors (Lipinski definition) is 0. The van der Waals surface area contributed by atoms with Gasteiger partial charge in [0.1, 0.15) is 19.0 Å². The van der Waals surface area contributed by atoms with E-state index in [4.69, 9.17) is 13.9 Å². The summed E-state index contributed by atoms with van der Waals surface area (Å²) in [4.78, 5) is 11.7. The lowest BCUT2D eigenvalue weighted by Gasteiger charge is -2.05. The normalized spacial score (nSPS) is 9.89. The van der Waals surface area contributed by atoms with Crippen LogP contribution in [-0.4, -0.2) is 12.6 Å². The first-order valence-corrected chi connectivity index (χ1v) is 5.83. The molecule has 0 fully saturated rings. The van der Waals surface area contributed by atoms with Crippen LogP contribution in [0, 0.1) is 0 Å². The molecule has 0 atom stereocenters. The fourth-order valence-electron chi connectivity index (χ4n) is 1.51. The Bertz CT molecular complexity index is 542. The number of carbonyl (C=O) groups is 1. The molecular formula is C15H14O4.